The molecule has 6 heteroatoms. The Hall–Kier alpha value is -1.66. The van der Waals surface area contributed by atoms with Gasteiger partial charge in [-0.2, -0.15) is 0 Å². The van der Waals surface area contributed by atoms with Crippen molar-refractivity contribution in [3.63, 3.8) is 0 Å². The molecule has 1 fully saturated rings. The van der Waals surface area contributed by atoms with Crippen LogP contribution in [0.2, 0.25) is 0 Å². The van der Waals surface area contributed by atoms with Crippen LogP contribution in [-0.2, 0) is 21.2 Å². The average molecular weight is 336 g/mol. The molecule has 0 aromatic heterocycles. The Kier molecular flexibility index (Phi) is 5.96. The molecule has 1 aromatic rings. The number of nitrogens with one attached hydrogen (secondary N) is 1. The van der Waals surface area contributed by atoms with E-state index in [-0.39, 0.29) is 11.8 Å². The molecule has 0 spiro atoms. The van der Waals surface area contributed by atoms with Gasteiger partial charge in [-0.05, 0) is 37.3 Å². The highest BCUT2D eigenvalue weighted by Crippen LogP contribution is 2.23. The van der Waals surface area contributed by atoms with Crippen LogP contribution in [0.15, 0.2) is 36.9 Å². The van der Waals surface area contributed by atoms with E-state index in [0.29, 0.717) is 25.9 Å². The minimum atomic E-state index is -3.16. The molecule has 1 aliphatic heterocycles. The quantitative estimate of drug-likeness (QED) is 0.811. The summed E-state index contributed by atoms with van der Waals surface area (Å²) in [7, 11) is -3.16. The number of anilines is 1. The molecule has 1 amide bonds. The van der Waals surface area contributed by atoms with Gasteiger partial charge in [0.2, 0.25) is 15.9 Å². The Morgan fingerprint density at radius 2 is 2.00 bits per heavy atom. The zero-order chi connectivity index (χ0) is 16.9. The Labute approximate surface area is 138 Å². The third-order valence-corrected chi connectivity index (χ3v) is 5.49. The largest absolute Gasteiger partial charge is 0.326 e. The van der Waals surface area contributed by atoms with Crippen molar-refractivity contribution in [3.05, 3.63) is 42.5 Å². The summed E-state index contributed by atoms with van der Waals surface area (Å²) in [5.41, 5.74) is 1.93. The number of nitrogens with zero attached hydrogens (tertiary/aromatic N) is 1. The highest BCUT2D eigenvalue weighted by molar-refractivity contribution is 7.88. The molecule has 0 radical (unpaired) electrons. The lowest BCUT2D eigenvalue weighted by Crippen LogP contribution is -2.40. The first kappa shape index (κ1) is 17.7. The number of hydrogen-bond acceptors (Lipinski definition) is 3. The number of hydrogen-bond donors (Lipinski definition) is 1. The molecule has 2 rings (SSSR count). The van der Waals surface area contributed by atoms with Crippen LogP contribution in [0.25, 0.3) is 0 Å². The lowest BCUT2D eigenvalue weighted by Gasteiger charge is -2.29. The minimum Gasteiger partial charge on any atom is -0.326 e. The van der Waals surface area contributed by atoms with Crippen LogP contribution in [0.5, 0.6) is 0 Å². The first-order valence-corrected chi connectivity index (χ1v) is 9.71. The Balaban J connectivity index is 1.97. The number of carbonyl (C=O) groups excluding carboxylic acids is 1. The lowest BCUT2D eigenvalue weighted by atomic mass is 9.96. The third kappa shape index (κ3) is 4.91. The summed E-state index contributed by atoms with van der Waals surface area (Å²) in [6.45, 7) is 4.55. The molecule has 1 saturated heterocycles. The van der Waals surface area contributed by atoms with Crippen molar-refractivity contribution in [2.24, 2.45) is 5.92 Å². The molecule has 1 aliphatic rings. The zero-order valence-electron chi connectivity index (χ0n) is 13.5. The summed E-state index contributed by atoms with van der Waals surface area (Å²) in [6, 6.07) is 7.77. The van der Waals surface area contributed by atoms with Gasteiger partial charge in [-0.3, -0.25) is 4.79 Å². The maximum absolute atomic E-state index is 12.5. The summed E-state index contributed by atoms with van der Waals surface area (Å²) < 4.78 is 24.5. The molecule has 1 N–H and O–H groups in total. The van der Waals surface area contributed by atoms with Crippen molar-refractivity contribution < 1.29 is 13.2 Å². The second kappa shape index (κ2) is 7.75. The van der Waals surface area contributed by atoms with E-state index in [1.54, 1.807) is 0 Å². The number of rotatable bonds is 6. The number of carbonyl (C=O) groups is 1. The molecule has 0 saturated carbocycles. The van der Waals surface area contributed by atoms with Gasteiger partial charge < -0.3 is 5.32 Å². The van der Waals surface area contributed by atoms with Crippen LogP contribution < -0.4 is 5.32 Å². The lowest BCUT2D eigenvalue weighted by molar-refractivity contribution is -0.120. The Morgan fingerprint density at radius 3 is 2.61 bits per heavy atom. The van der Waals surface area contributed by atoms with Crippen molar-refractivity contribution in [1.82, 2.24) is 4.31 Å². The van der Waals surface area contributed by atoms with Gasteiger partial charge in [0.05, 0.1) is 6.26 Å². The van der Waals surface area contributed by atoms with Crippen LogP contribution in [0.4, 0.5) is 5.69 Å². The topological polar surface area (TPSA) is 66.5 Å². The number of sulfonamides is 1. The number of aryl methyl sites for hydroxylation is 1. The molecule has 5 nitrogen and oxygen atoms in total. The fourth-order valence-corrected chi connectivity index (χ4v) is 3.68. The molecule has 23 heavy (non-hydrogen) atoms. The minimum absolute atomic E-state index is 0.0239. The first-order chi connectivity index (χ1) is 10.9. The predicted molar refractivity (Wildman–Crippen MR) is 92.7 cm³/mol. The molecule has 126 valence electrons. The van der Waals surface area contributed by atoms with Crippen LogP contribution in [0, 0.1) is 5.92 Å². The van der Waals surface area contributed by atoms with Crippen molar-refractivity contribution in [1.29, 1.82) is 0 Å². The van der Waals surface area contributed by atoms with E-state index < -0.39 is 10.0 Å². The SMILES string of the molecule is C=CCCc1ccccc1NC(=O)C1CCN(S(C)(=O)=O)CC1. The van der Waals surface area contributed by atoms with Crippen LogP contribution in [-0.4, -0.2) is 38.0 Å². The summed E-state index contributed by atoms with van der Waals surface area (Å²) in [4.78, 5) is 12.5. The number of allylic oxidation sites excluding steroid dienone is 1. The molecule has 0 bridgehead atoms. The second-order valence-electron chi connectivity index (χ2n) is 5.91. The second-order valence-corrected chi connectivity index (χ2v) is 7.89. The van der Waals surface area contributed by atoms with E-state index in [4.69, 9.17) is 0 Å². The van der Waals surface area contributed by atoms with Crippen LogP contribution >= 0.6 is 0 Å². The van der Waals surface area contributed by atoms with Crippen LogP contribution in [0.3, 0.4) is 0 Å². The highest BCUT2D eigenvalue weighted by atomic mass is 32.2. The molecule has 0 aliphatic carbocycles. The number of amides is 1. The van der Waals surface area contributed by atoms with Crippen LogP contribution in [0.1, 0.15) is 24.8 Å². The van der Waals surface area contributed by atoms with E-state index >= 15 is 0 Å². The Morgan fingerprint density at radius 1 is 1.35 bits per heavy atom. The zero-order valence-corrected chi connectivity index (χ0v) is 14.3. The van der Waals surface area contributed by atoms with Gasteiger partial charge in [0, 0.05) is 24.7 Å². The van der Waals surface area contributed by atoms with Gasteiger partial charge in [-0.15, -0.1) is 6.58 Å². The van der Waals surface area contributed by atoms with Gasteiger partial charge in [0.1, 0.15) is 0 Å². The maximum atomic E-state index is 12.5. The molecule has 1 heterocycles. The van der Waals surface area contributed by atoms with Gasteiger partial charge >= 0.3 is 0 Å². The first-order valence-electron chi connectivity index (χ1n) is 7.86. The smallest absolute Gasteiger partial charge is 0.227 e. The highest BCUT2D eigenvalue weighted by Gasteiger charge is 2.29. The number of benzene rings is 1. The van der Waals surface area contributed by atoms with Crippen molar-refractivity contribution in [2.45, 2.75) is 25.7 Å². The number of piperidine rings is 1. The fraction of sp³-hybridized carbons (Fsp3) is 0.471. The molecule has 0 atom stereocenters. The number of para-hydroxylation sites is 1. The molecular formula is C17H24N2O3S. The monoisotopic (exact) mass is 336 g/mol. The predicted octanol–water partition coefficient (Wildman–Crippen LogP) is 2.42. The van der Waals surface area contributed by atoms with Crippen molar-refractivity contribution in [3.8, 4) is 0 Å². The van der Waals surface area contributed by atoms with Gasteiger partial charge in [-0.25, -0.2) is 12.7 Å². The van der Waals surface area contributed by atoms with Gasteiger partial charge in [0.25, 0.3) is 0 Å². The van der Waals surface area contributed by atoms with E-state index in [1.165, 1.54) is 10.6 Å². The van der Waals surface area contributed by atoms with E-state index in [2.05, 4.69) is 11.9 Å². The Bertz CT molecular complexity index is 662. The van der Waals surface area contributed by atoms with E-state index in [1.807, 2.05) is 30.3 Å². The molecule has 0 unspecified atom stereocenters. The third-order valence-electron chi connectivity index (χ3n) is 4.19. The normalized spacial score (nSPS) is 16.9. The molecule has 1 aromatic carbocycles. The molecular weight excluding hydrogens is 312 g/mol. The van der Waals surface area contributed by atoms with E-state index in [0.717, 1.165) is 24.1 Å². The van der Waals surface area contributed by atoms with Gasteiger partial charge in [-0.1, -0.05) is 24.3 Å². The maximum Gasteiger partial charge on any atom is 0.227 e. The van der Waals surface area contributed by atoms with Crippen molar-refractivity contribution in [2.75, 3.05) is 24.7 Å². The average Bonchev–Trinajstić information content (AvgIpc) is 2.53. The standard InChI is InChI=1S/C17H24N2O3S/c1-3-4-7-14-8-5-6-9-16(14)18-17(20)15-10-12-19(13-11-15)23(2,21)22/h3,5-6,8-9,15H,1,4,7,10-13H2,2H3,(H,18,20). The summed E-state index contributed by atoms with van der Waals surface area (Å²) >= 11 is 0. The summed E-state index contributed by atoms with van der Waals surface area (Å²) in [6.07, 6.45) is 5.90. The summed E-state index contributed by atoms with van der Waals surface area (Å²) in [5, 5.41) is 3.00. The van der Waals surface area contributed by atoms with Gasteiger partial charge in [0.15, 0.2) is 0 Å². The fourth-order valence-electron chi connectivity index (χ4n) is 2.80. The summed E-state index contributed by atoms with van der Waals surface area (Å²) in [5.74, 6) is -0.162. The van der Waals surface area contributed by atoms with Crippen molar-refractivity contribution >= 4 is 21.6 Å². The van der Waals surface area contributed by atoms with E-state index in [9.17, 15) is 13.2 Å².